The van der Waals surface area contributed by atoms with E-state index in [2.05, 4.69) is 0 Å². The van der Waals surface area contributed by atoms with Crippen molar-refractivity contribution in [2.45, 2.75) is 59.3 Å². The minimum absolute atomic E-state index is 0. The second kappa shape index (κ2) is 22.5. The van der Waals surface area contributed by atoms with Crippen molar-refractivity contribution in [1.29, 1.82) is 0 Å². The van der Waals surface area contributed by atoms with E-state index in [-0.39, 0.29) is 45.5 Å². The molecule has 6 nitrogen and oxygen atoms in total. The van der Waals surface area contributed by atoms with Crippen molar-refractivity contribution in [3.63, 3.8) is 0 Å². The van der Waals surface area contributed by atoms with Crippen LogP contribution >= 0.6 is 0 Å². The smallest absolute Gasteiger partial charge is 0.550 e. The predicted octanol–water partition coefficient (Wildman–Crippen LogP) is -1.39. The zero-order chi connectivity index (χ0) is 15.0. The van der Waals surface area contributed by atoms with Crippen LogP contribution in [0.1, 0.15) is 59.3 Å². The van der Waals surface area contributed by atoms with Crippen molar-refractivity contribution in [2.75, 3.05) is 0 Å². The van der Waals surface area contributed by atoms with Crippen LogP contribution in [0.25, 0.3) is 0 Å². The summed E-state index contributed by atoms with van der Waals surface area (Å²) in [4.78, 5) is 28.5. The fourth-order valence-corrected chi connectivity index (χ4v) is 0.612. The third-order valence-electron chi connectivity index (χ3n) is 1.36. The van der Waals surface area contributed by atoms with Crippen molar-refractivity contribution in [2.24, 2.45) is 0 Å². The van der Waals surface area contributed by atoms with Gasteiger partial charge in [0.2, 0.25) is 0 Å². The van der Waals surface area contributed by atoms with Gasteiger partial charge < -0.3 is 29.7 Å². The first-order chi connectivity index (χ1) is 8.31. The second-order valence-corrected chi connectivity index (χ2v) is 3.37. The summed E-state index contributed by atoms with van der Waals surface area (Å²) in [7, 11) is 0. The summed E-state index contributed by atoms with van der Waals surface area (Å²) in [5.74, 6) is -2.88. The number of carbonyl (C=O) groups is 3. The molecule has 0 rings (SSSR count). The average Bonchev–Trinajstić information content (AvgIpc) is 2.18. The summed E-state index contributed by atoms with van der Waals surface area (Å²) in [5.41, 5.74) is 0. The minimum atomic E-state index is -0.961. The molecule has 1 radical (unpaired) electrons. The Morgan fingerprint density at radius 1 is 0.632 bits per heavy atom. The first-order valence-corrected chi connectivity index (χ1v) is 5.91. The predicted molar refractivity (Wildman–Crippen MR) is 59.7 cm³/mol. The van der Waals surface area contributed by atoms with Gasteiger partial charge in [0.25, 0.3) is 0 Å². The molecule has 0 fully saturated rings. The van der Waals surface area contributed by atoms with Crippen LogP contribution in [-0.2, 0) is 40.6 Å². The fourth-order valence-electron chi connectivity index (χ4n) is 0.612. The number of carbonyl (C=O) groups excluding carboxylic acids is 3. The maximum atomic E-state index is 9.49. The van der Waals surface area contributed by atoms with Crippen molar-refractivity contribution in [1.82, 2.24) is 0 Å². The molecular weight excluding hydrogens is 331 g/mol. The molecule has 0 spiro atoms. The summed E-state index contributed by atoms with van der Waals surface area (Å²) in [6.07, 6.45) is 2.55. The van der Waals surface area contributed by atoms with Crippen LogP contribution in [0.3, 0.4) is 0 Å². The Morgan fingerprint density at radius 2 is 0.789 bits per heavy atom. The Morgan fingerprint density at radius 3 is 0.789 bits per heavy atom. The maximum Gasteiger partial charge on any atom is 3.00 e. The van der Waals surface area contributed by atoms with Crippen molar-refractivity contribution in [3.8, 4) is 0 Å². The van der Waals surface area contributed by atoms with Gasteiger partial charge in [-0.15, -0.1) is 0 Å². The number of hydrogen-bond acceptors (Lipinski definition) is 6. The van der Waals surface area contributed by atoms with E-state index in [1.807, 2.05) is 0 Å². The van der Waals surface area contributed by atoms with Gasteiger partial charge in [-0.05, 0) is 19.3 Å². The van der Waals surface area contributed by atoms with Crippen LogP contribution in [0.2, 0.25) is 0 Å². The van der Waals surface area contributed by atoms with Gasteiger partial charge in [-0.3, -0.25) is 0 Å². The Bertz CT molecular complexity index is 192. The van der Waals surface area contributed by atoms with Crippen LogP contribution in [0, 0.1) is 0 Å². The van der Waals surface area contributed by atoms with E-state index < -0.39 is 17.9 Å². The first kappa shape index (κ1) is 26.8. The molecule has 0 amide bonds. The van der Waals surface area contributed by atoms with Crippen LogP contribution < -0.4 is 15.3 Å². The SMILES string of the molecule is CCCC(=O)[O-].CCCC(=O)[O-].CCCC(=O)[O-].[Zr+3]. The van der Waals surface area contributed by atoms with Gasteiger partial charge in [0, 0.05) is 17.9 Å². The van der Waals surface area contributed by atoms with E-state index in [0.29, 0.717) is 19.3 Å². The molecule has 0 unspecified atom stereocenters. The van der Waals surface area contributed by atoms with Gasteiger partial charge in [0.05, 0.1) is 0 Å². The van der Waals surface area contributed by atoms with Crippen LogP contribution in [0.5, 0.6) is 0 Å². The molecule has 0 aromatic heterocycles. The summed E-state index contributed by atoms with van der Waals surface area (Å²) >= 11 is 0. The summed E-state index contributed by atoms with van der Waals surface area (Å²) in [6, 6.07) is 0. The van der Waals surface area contributed by atoms with Crippen LogP contribution in [0.15, 0.2) is 0 Å². The molecule has 0 aliphatic rings. The van der Waals surface area contributed by atoms with Gasteiger partial charge in [-0.2, -0.15) is 0 Å². The Labute approximate surface area is 133 Å². The quantitative estimate of drug-likeness (QED) is 0.580. The molecule has 0 saturated carbocycles. The molecule has 7 heteroatoms. The maximum absolute atomic E-state index is 9.49. The molecule has 0 atom stereocenters. The van der Waals surface area contributed by atoms with Crippen molar-refractivity contribution >= 4 is 17.9 Å². The third-order valence-corrected chi connectivity index (χ3v) is 1.36. The van der Waals surface area contributed by atoms with Crippen LogP contribution in [-0.4, -0.2) is 17.9 Å². The van der Waals surface area contributed by atoms with E-state index in [0.717, 1.165) is 0 Å². The summed E-state index contributed by atoms with van der Waals surface area (Å²) in [6.45, 7) is 5.40. The normalized spacial score (nSPS) is 7.74. The molecule has 0 aliphatic carbocycles. The molecule has 0 aromatic rings. The number of aliphatic carboxylic acids is 3. The largest absolute Gasteiger partial charge is 3.00 e. The van der Waals surface area contributed by atoms with Crippen LogP contribution in [0.4, 0.5) is 0 Å². The molecule has 0 saturated heterocycles. The molecule has 0 N–H and O–H groups in total. The van der Waals surface area contributed by atoms with Crippen molar-refractivity contribution < 1.29 is 55.9 Å². The molecule has 109 valence electrons. The third kappa shape index (κ3) is 58.8. The number of hydrogen-bond donors (Lipinski definition) is 0. The van der Waals surface area contributed by atoms with Gasteiger partial charge in [-0.1, -0.05) is 40.0 Å². The Kier molecular flexibility index (Phi) is 31.7. The van der Waals surface area contributed by atoms with Gasteiger partial charge in [0.15, 0.2) is 0 Å². The van der Waals surface area contributed by atoms with Gasteiger partial charge in [0.1, 0.15) is 0 Å². The molecular formula is C12H21O6Zr. The van der Waals surface area contributed by atoms with E-state index in [4.69, 9.17) is 0 Å². The standard InChI is InChI=1S/3C4H8O2.Zr/c3*1-2-3-4(5)6;/h3*2-3H2,1H3,(H,5,6);/q;;;+3/p-3. The number of carboxylic acid groups (broad SMARTS) is 3. The minimum Gasteiger partial charge on any atom is -0.550 e. The molecule has 0 bridgehead atoms. The molecule has 19 heavy (non-hydrogen) atoms. The average molecular weight is 353 g/mol. The van der Waals surface area contributed by atoms with E-state index in [1.54, 1.807) is 20.8 Å². The number of rotatable bonds is 6. The zero-order valence-corrected chi connectivity index (χ0v) is 14.2. The zero-order valence-electron chi connectivity index (χ0n) is 11.7. The second-order valence-electron chi connectivity index (χ2n) is 3.37. The van der Waals surface area contributed by atoms with Crippen molar-refractivity contribution in [3.05, 3.63) is 0 Å². The number of carboxylic acids is 3. The molecule has 0 heterocycles. The summed E-state index contributed by atoms with van der Waals surface area (Å²) in [5, 5.41) is 28.5. The van der Waals surface area contributed by atoms with E-state index in [1.165, 1.54) is 0 Å². The monoisotopic (exact) mass is 351 g/mol. The van der Waals surface area contributed by atoms with E-state index in [9.17, 15) is 29.7 Å². The molecule has 0 aliphatic heterocycles. The Hall–Kier alpha value is -0.707. The molecule has 0 aromatic carbocycles. The Balaban J connectivity index is -0.0000000865. The first-order valence-electron chi connectivity index (χ1n) is 5.91. The summed E-state index contributed by atoms with van der Waals surface area (Å²) < 4.78 is 0. The van der Waals surface area contributed by atoms with Gasteiger partial charge in [-0.25, -0.2) is 0 Å². The van der Waals surface area contributed by atoms with E-state index >= 15 is 0 Å². The fraction of sp³-hybridized carbons (Fsp3) is 0.750. The topological polar surface area (TPSA) is 120 Å². The van der Waals surface area contributed by atoms with Gasteiger partial charge >= 0.3 is 26.2 Å².